The van der Waals surface area contributed by atoms with Gasteiger partial charge in [0, 0.05) is 23.2 Å². The standard InChI is InChI=1S/C24H30ClFN2O/c1-28(2)23(19-7-11-21(25)12-8-19)18-5-3-17(4-6-18)15-16-27-24(29)20-9-13-22(26)14-10-20/h7-14,17-18,23H,3-6,15-16H2,1-2H3,(H,27,29). The van der Waals surface area contributed by atoms with Crippen LogP contribution in [0, 0.1) is 17.7 Å². The molecule has 0 aliphatic heterocycles. The van der Waals surface area contributed by atoms with E-state index in [1.165, 1.54) is 55.5 Å². The van der Waals surface area contributed by atoms with Crippen LogP contribution in [0.15, 0.2) is 48.5 Å². The second-order valence-electron chi connectivity index (χ2n) is 8.29. The molecule has 0 bridgehead atoms. The van der Waals surface area contributed by atoms with Gasteiger partial charge >= 0.3 is 0 Å². The van der Waals surface area contributed by atoms with Gasteiger partial charge in [-0.05, 0) is 87.2 Å². The smallest absolute Gasteiger partial charge is 0.251 e. The summed E-state index contributed by atoms with van der Waals surface area (Å²) in [6, 6.07) is 14.3. The number of rotatable bonds is 7. The maximum Gasteiger partial charge on any atom is 0.251 e. The van der Waals surface area contributed by atoms with Gasteiger partial charge in [0.05, 0.1) is 0 Å². The monoisotopic (exact) mass is 416 g/mol. The molecule has 1 aliphatic carbocycles. The Bertz CT molecular complexity index is 784. The van der Waals surface area contributed by atoms with Gasteiger partial charge in [-0.2, -0.15) is 0 Å². The molecule has 156 valence electrons. The lowest BCUT2D eigenvalue weighted by Gasteiger charge is -2.37. The summed E-state index contributed by atoms with van der Waals surface area (Å²) in [7, 11) is 4.30. The first-order valence-electron chi connectivity index (χ1n) is 10.4. The van der Waals surface area contributed by atoms with E-state index in [2.05, 4.69) is 36.4 Å². The van der Waals surface area contributed by atoms with E-state index in [9.17, 15) is 9.18 Å². The van der Waals surface area contributed by atoms with Crippen molar-refractivity contribution in [1.82, 2.24) is 10.2 Å². The molecule has 1 unspecified atom stereocenters. The van der Waals surface area contributed by atoms with Gasteiger partial charge < -0.3 is 10.2 Å². The minimum atomic E-state index is -0.326. The minimum Gasteiger partial charge on any atom is -0.352 e. The summed E-state index contributed by atoms with van der Waals surface area (Å²) in [5, 5.41) is 3.74. The number of nitrogens with one attached hydrogen (secondary N) is 1. The van der Waals surface area contributed by atoms with Crippen LogP contribution >= 0.6 is 11.6 Å². The van der Waals surface area contributed by atoms with E-state index in [4.69, 9.17) is 11.6 Å². The van der Waals surface area contributed by atoms with Crippen LogP contribution in [-0.2, 0) is 0 Å². The van der Waals surface area contributed by atoms with Crippen LogP contribution in [0.4, 0.5) is 4.39 Å². The van der Waals surface area contributed by atoms with E-state index in [0.29, 0.717) is 30.0 Å². The number of nitrogens with zero attached hydrogens (tertiary/aromatic N) is 1. The van der Waals surface area contributed by atoms with E-state index in [-0.39, 0.29) is 11.7 Å². The average Bonchev–Trinajstić information content (AvgIpc) is 2.71. The fraction of sp³-hybridized carbons (Fsp3) is 0.458. The normalized spacial score (nSPS) is 20.4. The molecule has 0 heterocycles. The second kappa shape index (κ2) is 10.2. The summed E-state index contributed by atoms with van der Waals surface area (Å²) < 4.78 is 13.0. The van der Waals surface area contributed by atoms with Crippen molar-refractivity contribution in [3.05, 3.63) is 70.5 Å². The molecular formula is C24H30ClFN2O. The zero-order valence-corrected chi connectivity index (χ0v) is 18.0. The summed E-state index contributed by atoms with van der Waals surface area (Å²) >= 11 is 6.06. The molecule has 1 saturated carbocycles. The second-order valence-corrected chi connectivity index (χ2v) is 8.73. The van der Waals surface area contributed by atoms with Crippen molar-refractivity contribution in [2.75, 3.05) is 20.6 Å². The van der Waals surface area contributed by atoms with Crippen molar-refractivity contribution in [2.24, 2.45) is 11.8 Å². The molecule has 29 heavy (non-hydrogen) atoms. The van der Waals surface area contributed by atoms with Crippen molar-refractivity contribution in [3.8, 4) is 0 Å². The summed E-state index contributed by atoms with van der Waals surface area (Å²) in [5.74, 6) is 0.825. The molecule has 5 heteroatoms. The molecule has 1 atom stereocenters. The Balaban J connectivity index is 1.46. The lowest BCUT2D eigenvalue weighted by Crippen LogP contribution is -2.31. The number of carbonyl (C=O) groups excluding carboxylic acids is 1. The molecule has 0 radical (unpaired) electrons. The number of amides is 1. The van der Waals surface area contributed by atoms with Crippen molar-refractivity contribution in [2.45, 2.75) is 38.1 Å². The van der Waals surface area contributed by atoms with E-state index >= 15 is 0 Å². The lowest BCUT2D eigenvalue weighted by molar-refractivity contribution is 0.0947. The maximum absolute atomic E-state index is 13.0. The zero-order chi connectivity index (χ0) is 20.8. The fourth-order valence-corrected chi connectivity index (χ4v) is 4.66. The quantitative estimate of drug-likeness (QED) is 0.627. The van der Waals surface area contributed by atoms with E-state index in [0.717, 1.165) is 11.4 Å². The molecule has 3 rings (SSSR count). The maximum atomic E-state index is 13.0. The number of hydrogen-bond acceptors (Lipinski definition) is 2. The highest BCUT2D eigenvalue weighted by atomic mass is 35.5. The predicted octanol–water partition coefficient (Wildman–Crippen LogP) is 5.71. The molecule has 3 nitrogen and oxygen atoms in total. The third kappa shape index (κ3) is 6.03. The van der Waals surface area contributed by atoms with Gasteiger partial charge in [-0.1, -0.05) is 36.6 Å². The van der Waals surface area contributed by atoms with Crippen LogP contribution in [-0.4, -0.2) is 31.4 Å². The van der Waals surface area contributed by atoms with Gasteiger partial charge in [0.25, 0.3) is 5.91 Å². The van der Waals surface area contributed by atoms with Gasteiger partial charge in [0.15, 0.2) is 0 Å². The highest BCUT2D eigenvalue weighted by Crippen LogP contribution is 2.40. The number of halogens is 2. The Morgan fingerprint density at radius 2 is 1.69 bits per heavy atom. The Morgan fingerprint density at radius 1 is 1.07 bits per heavy atom. The van der Waals surface area contributed by atoms with Crippen molar-refractivity contribution < 1.29 is 9.18 Å². The van der Waals surface area contributed by atoms with Gasteiger partial charge in [-0.25, -0.2) is 4.39 Å². The van der Waals surface area contributed by atoms with Gasteiger partial charge in [0.1, 0.15) is 5.82 Å². The topological polar surface area (TPSA) is 32.3 Å². The van der Waals surface area contributed by atoms with E-state index in [1.807, 2.05) is 12.1 Å². The van der Waals surface area contributed by atoms with Crippen LogP contribution in [0.25, 0.3) is 0 Å². The van der Waals surface area contributed by atoms with Crippen molar-refractivity contribution >= 4 is 17.5 Å². The Labute approximate surface area is 178 Å². The minimum absolute atomic E-state index is 0.130. The predicted molar refractivity (Wildman–Crippen MR) is 117 cm³/mol. The first-order valence-corrected chi connectivity index (χ1v) is 10.8. The first kappa shape index (κ1) is 21.8. The van der Waals surface area contributed by atoms with Crippen molar-refractivity contribution in [1.29, 1.82) is 0 Å². The summed E-state index contributed by atoms with van der Waals surface area (Å²) in [6.07, 6.45) is 5.77. The fourth-order valence-electron chi connectivity index (χ4n) is 4.54. The van der Waals surface area contributed by atoms with Gasteiger partial charge in [-0.3, -0.25) is 4.79 Å². The van der Waals surface area contributed by atoms with Gasteiger partial charge in [0.2, 0.25) is 0 Å². The first-order chi connectivity index (χ1) is 13.9. The third-order valence-electron chi connectivity index (χ3n) is 6.05. The Kier molecular flexibility index (Phi) is 7.68. The molecule has 1 amide bonds. The van der Waals surface area contributed by atoms with Crippen LogP contribution in [0.2, 0.25) is 5.02 Å². The SMILES string of the molecule is CN(C)C(c1ccc(Cl)cc1)C1CCC(CCNC(=O)c2ccc(F)cc2)CC1. The number of hydrogen-bond donors (Lipinski definition) is 1. The summed E-state index contributed by atoms with van der Waals surface area (Å²) in [4.78, 5) is 14.5. The van der Waals surface area contributed by atoms with Crippen LogP contribution in [0.5, 0.6) is 0 Å². The molecular weight excluding hydrogens is 387 g/mol. The summed E-state index contributed by atoms with van der Waals surface area (Å²) in [5.41, 5.74) is 1.83. The molecule has 2 aromatic rings. The highest BCUT2D eigenvalue weighted by Gasteiger charge is 2.29. The zero-order valence-electron chi connectivity index (χ0n) is 17.2. The Morgan fingerprint density at radius 3 is 2.28 bits per heavy atom. The van der Waals surface area contributed by atoms with E-state index < -0.39 is 0 Å². The van der Waals surface area contributed by atoms with Crippen LogP contribution in [0.3, 0.4) is 0 Å². The largest absolute Gasteiger partial charge is 0.352 e. The molecule has 1 N–H and O–H groups in total. The highest BCUT2D eigenvalue weighted by molar-refractivity contribution is 6.30. The number of carbonyl (C=O) groups is 1. The third-order valence-corrected chi connectivity index (χ3v) is 6.30. The average molecular weight is 417 g/mol. The summed E-state index contributed by atoms with van der Waals surface area (Å²) in [6.45, 7) is 0.667. The molecule has 2 aromatic carbocycles. The van der Waals surface area contributed by atoms with Crippen LogP contribution < -0.4 is 5.32 Å². The molecule has 0 spiro atoms. The molecule has 1 fully saturated rings. The van der Waals surface area contributed by atoms with Gasteiger partial charge in [-0.15, -0.1) is 0 Å². The number of benzene rings is 2. The molecule has 0 aromatic heterocycles. The van der Waals surface area contributed by atoms with Crippen molar-refractivity contribution in [3.63, 3.8) is 0 Å². The van der Waals surface area contributed by atoms with E-state index in [1.54, 1.807) is 0 Å². The molecule has 1 aliphatic rings. The Hall–Kier alpha value is -1.91. The molecule has 0 saturated heterocycles. The van der Waals surface area contributed by atoms with Crippen LogP contribution in [0.1, 0.15) is 54.1 Å². The lowest BCUT2D eigenvalue weighted by atomic mass is 9.75.